The Balaban J connectivity index is 2.46. The van der Waals surface area contributed by atoms with Crippen molar-refractivity contribution in [1.82, 2.24) is 0 Å². The van der Waals surface area contributed by atoms with Crippen molar-refractivity contribution in [2.24, 2.45) is 0 Å². The lowest BCUT2D eigenvalue weighted by molar-refractivity contribution is 0.155. The van der Waals surface area contributed by atoms with Crippen molar-refractivity contribution in [3.8, 4) is 6.07 Å². The van der Waals surface area contributed by atoms with Crippen LogP contribution in [0.2, 0.25) is 0 Å². The Morgan fingerprint density at radius 2 is 1.94 bits per heavy atom. The van der Waals surface area contributed by atoms with Crippen LogP contribution < -0.4 is 4.90 Å². The summed E-state index contributed by atoms with van der Waals surface area (Å²) in [5, 5.41) is 8.65. The SMILES string of the molecule is N#CCCN(CCOCCCl)c1ccccc1. The van der Waals surface area contributed by atoms with E-state index in [9.17, 15) is 0 Å². The monoisotopic (exact) mass is 252 g/mol. The lowest BCUT2D eigenvalue weighted by Crippen LogP contribution is -2.28. The molecule has 0 bridgehead atoms. The lowest BCUT2D eigenvalue weighted by Gasteiger charge is -2.23. The molecule has 0 aliphatic carbocycles. The molecule has 4 heteroatoms. The number of halogens is 1. The molecule has 1 aromatic carbocycles. The summed E-state index contributed by atoms with van der Waals surface area (Å²) in [7, 11) is 0. The Morgan fingerprint density at radius 3 is 2.59 bits per heavy atom. The van der Waals surface area contributed by atoms with Crippen LogP contribution in [-0.4, -0.2) is 32.2 Å². The van der Waals surface area contributed by atoms with Crippen LogP contribution in [0, 0.1) is 11.3 Å². The molecule has 0 heterocycles. The highest BCUT2D eigenvalue weighted by molar-refractivity contribution is 6.17. The molecule has 0 spiro atoms. The van der Waals surface area contributed by atoms with E-state index < -0.39 is 0 Å². The molecule has 1 rings (SSSR count). The summed E-state index contributed by atoms with van der Waals surface area (Å²) in [5.41, 5.74) is 1.12. The van der Waals surface area contributed by atoms with Crippen molar-refractivity contribution in [3.63, 3.8) is 0 Å². The first-order valence-corrected chi connectivity index (χ1v) is 6.22. The van der Waals surface area contributed by atoms with Gasteiger partial charge in [0.05, 0.1) is 25.7 Å². The van der Waals surface area contributed by atoms with Gasteiger partial charge in [0.15, 0.2) is 0 Å². The minimum absolute atomic E-state index is 0.517. The van der Waals surface area contributed by atoms with E-state index in [1.807, 2.05) is 30.3 Å². The van der Waals surface area contributed by atoms with Crippen LogP contribution in [0.15, 0.2) is 30.3 Å². The second-order valence-corrected chi connectivity index (χ2v) is 3.91. The third-order valence-electron chi connectivity index (χ3n) is 2.34. The number of rotatable bonds is 8. The van der Waals surface area contributed by atoms with Crippen molar-refractivity contribution >= 4 is 17.3 Å². The Bertz CT molecular complexity index is 337. The first kappa shape index (κ1) is 13.8. The third-order valence-corrected chi connectivity index (χ3v) is 2.50. The van der Waals surface area contributed by atoms with Gasteiger partial charge in [-0.1, -0.05) is 18.2 Å². The quantitative estimate of drug-likeness (QED) is 0.527. The van der Waals surface area contributed by atoms with Crippen LogP contribution in [0.25, 0.3) is 0 Å². The smallest absolute Gasteiger partial charge is 0.0642 e. The number of para-hydroxylation sites is 1. The predicted molar refractivity (Wildman–Crippen MR) is 70.4 cm³/mol. The molecule has 0 N–H and O–H groups in total. The number of nitriles is 1. The standard InChI is InChI=1S/C13H17ClN2O/c14-7-11-17-12-10-16(9-4-8-15)13-5-2-1-3-6-13/h1-3,5-6H,4,7,9-12H2. The maximum absolute atomic E-state index is 8.65. The van der Waals surface area contributed by atoms with Gasteiger partial charge in [0.1, 0.15) is 0 Å². The van der Waals surface area contributed by atoms with Crippen molar-refractivity contribution in [2.75, 3.05) is 37.1 Å². The average molecular weight is 253 g/mol. The van der Waals surface area contributed by atoms with Gasteiger partial charge in [-0.15, -0.1) is 11.6 Å². The van der Waals surface area contributed by atoms with E-state index in [0.717, 1.165) is 18.8 Å². The number of anilines is 1. The summed E-state index contributed by atoms with van der Waals surface area (Å²) in [4.78, 5) is 2.15. The second kappa shape index (κ2) is 8.86. The number of hydrogen-bond acceptors (Lipinski definition) is 3. The summed E-state index contributed by atoms with van der Waals surface area (Å²) < 4.78 is 5.36. The number of hydrogen-bond donors (Lipinski definition) is 0. The molecule has 0 fully saturated rings. The van der Waals surface area contributed by atoms with E-state index in [1.54, 1.807) is 0 Å². The molecule has 0 aromatic heterocycles. The molecular formula is C13H17ClN2O. The van der Waals surface area contributed by atoms with E-state index in [1.165, 1.54) is 0 Å². The highest BCUT2D eigenvalue weighted by atomic mass is 35.5. The zero-order valence-corrected chi connectivity index (χ0v) is 10.6. The Labute approximate surface area is 108 Å². The summed E-state index contributed by atoms with van der Waals surface area (Å²) in [6.45, 7) is 2.71. The molecule has 1 aromatic rings. The minimum Gasteiger partial charge on any atom is -0.378 e. The van der Waals surface area contributed by atoms with Crippen LogP contribution in [0.5, 0.6) is 0 Å². The summed E-state index contributed by atoms with van der Waals surface area (Å²) in [6.07, 6.45) is 0.518. The second-order valence-electron chi connectivity index (χ2n) is 3.53. The van der Waals surface area contributed by atoms with Crippen molar-refractivity contribution in [1.29, 1.82) is 5.26 Å². The molecule has 0 amide bonds. The molecule has 0 unspecified atom stereocenters. The van der Waals surface area contributed by atoms with Gasteiger partial charge in [-0.2, -0.15) is 5.26 Å². The van der Waals surface area contributed by atoms with Gasteiger partial charge in [0.2, 0.25) is 0 Å². The van der Waals surface area contributed by atoms with Gasteiger partial charge < -0.3 is 9.64 Å². The maximum Gasteiger partial charge on any atom is 0.0642 e. The van der Waals surface area contributed by atoms with Crippen LogP contribution in [0.3, 0.4) is 0 Å². The topological polar surface area (TPSA) is 36.3 Å². The first-order valence-electron chi connectivity index (χ1n) is 5.69. The van der Waals surface area contributed by atoms with Gasteiger partial charge in [-0.3, -0.25) is 0 Å². The third kappa shape index (κ3) is 5.58. The zero-order chi connectivity index (χ0) is 12.3. The maximum atomic E-state index is 8.65. The van der Waals surface area contributed by atoms with Crippen LogP contribution >= 0.6 is 11.6 Å². The summed E-state index contributed by atoms with van der Waals surface area (Å²) in [5.74, 6) is 0.517. The van der Waals surface area contributed by atoms with Crippen LogP contribution in [0.4, 0.5) is 5.69 Å². The molecular weight excluding hydrogens is 236 g/mol. The molecule has 0 aliphatic rings. The number of nitrogens with zero attached hydrogens (tertiary/aromatic N) is 2. The van der Waals surface area contributed by atoms with Crippen molar-refractivity contribution in [2.45, 2.75) is 6.42 Å². The van der Waals surface area contributed by atoms with Crippen LogP contribution in [0.1, 0.15) is 6.42 Å². The van der Waals surface area contributed by atoms with Crippen molar-refractivity contribution < 1.29 is 4.74 Å². The number of alkyl halides is 1. The van der Waals surface area contributed by atoms with E-state index >= 15 is 0 Å². The predicted octanol–water partition coefficient (Wildman–Crippen LogP) is 2.66. The van der Waals surface area contributed by atoms with Crippen molar-refractivity contribution in [3.05, 3.63) is 30.3 Å². The largest absolute Gasteiger partial charge is 0.378 e. The molecule has 0 saturated carbocycles. The van der Waals surface area contributed by atoms with Crippen LogP contribution in [-0.2, 0) is 4.74 Å². The van der Waals surface area contributed by atoms with Gasteiger partial charge in [-0.25, -0.2) is 0 Å². The van der Waals surface area contributed by atoms with Gasteiger partial charge in [0, 0.05) is 24.7 Å². The molecule has 0 radical (unpaired) electrons. The van der Waals surface area contributed by atoms with E-state index in [-0.39, 0.29) is 0 Å². The Morgan fingerprint density at radius 1 is 1.18 bits per heavy atom. The Hall–Kier alpha value is -1.24. The van der Waals surface area contributed by atoms with Gasteiger partial charge >= 0.3 is 0 Å². The van der Waals surface area contributed by atoms with Gasteiger partial charge in [-0.05, 0) is 12.1 Å². The molecule has 0 aliphatic heterocycles. The first-order chi connectivity index (χ1) is 8.38. The van der Waals surface area contributed by atoms with E-state index in [4.69, 9.17) is 21.6 Å². The highest BCUT2D eigenvalue weighted by Crippen LogP contribution is 2.12. The number of ether oxygens (including phenoxy) is 1. The molecule has 92 valence electrons. The fourth-order valence-corrected chi connectivity index (χ4v) is 1.63. The molecule has 3 nitrogen and oxygen atoms in total. The normalized spacial score (nSPS) is 9.88. The highest BCUT2D eigenvalue weighted by Gasteiger charge is 2.05. The molecule has 0 atom stereocenters. The fourth-order valence-electron chi connectivity index (χ4n) is 1.53. The molecule has 0 saturated heterocycles. The van der Waals surface area contributed by atoms with Gasteiger partial charge in [0.25, 0.3) is 0 Å². The minimum atomic E-state index is 0.517. The number of benzene rings is 1. The lowest BCUT2D eigenvalue weighted by atomic mass is 10.2. The van der Waals surface area contributed by atoms with E-state index in [0.29, 0.717) is 25.5 Å². The molecule has 17 heavy (non-hydrogen) atoms. The Kier molecular flexibility index (Phi) is 7.20. The summed E-state index contributed by atoms with van der Waals surface area (Å²) >= 11 is 5.54. The summed E-state index contributed by atoms with van der Waals surface area (Å²) in [6, 6.07) is 12.2. The fraction of sp³-hybridized carbons (Fsp3) is 0.462. The average Bonchev–Trinajstić information content (AvgIpc) is 2.39. The van der Waals surface area contributed by atoms with E-state index in [2.05, 4.69) is 11.0 Å². The zero-order valence-electron chi connectivity index (χ0n) is 9.81.